The first-order chi connectivity index (χ1) is 9.60. The average molecular weight is 479 g/mol. The van der Waals surface area contributed by atoms with Gasteiger partial charge in [0.25, 0.3) is 0 Å². The highest BCUT2D eigenvalue weighted by atomic mass is 79.9. The molecule has 1 aromatic rings. The smallest absolute Gasteiger partial charge is 0.173 e. The van der Waals surface area contributed by atoms with Gasteiger partial charge in [-0.2, -0.15) is 0 Å². The summed E-state index contributed by atoms with van der Waals surface area (Å²) in [5, 5.41) is 13.4. The van der Waals surface area contributed by atoms with Gasteiger partial charge in [0.15, 0.2) is 11.5 Å². The van der Waals surface area contributed by atoms with Crippen LogP contribution in [0, 0.1) is 0 Å². The molecule has 0 amide bonds. The number of rotatable bonds is 4. The topological polar surface area (TPSA) is 44.7 Å². The zero-order valence-electron chi connectivity index (χ0n) is 12.1. The molecule has 2 N–H and O–H groups in total. The molecule has 1 aliphatic rings. The number of halogens is 4. The third-order valence-electron chi connectivity index (χ3n) is 3.48. The molecule has 2 rings (SSSR count). The number of hydrogen-bond acceptors (Lipinski definition) is 4. The Kier molecular flexibility index (Phi) is 10.0. The highest BCUT2D eigenvalue weighted by Crippen LogP contribution is 2.44. The van der Waals surface area contributed by atoms with Gasteiger partial charge in [-0.15, -0.1) is 31.4 Å². The van der Waals surface area contributed by atoms with Crippen LogP contribution in [0.3, 0.4) is 0 Å². The Morgan fingerprint density at radius 2 is 1.91 bits per heavy atom. The van der Waals surface area contributed by atoms with Gasteiger partial charge in [0.2, 0.25) is 0 Å². The first-order valence-electron chi connectivity index (χ1n) is 6.42. The number of piperazine rings is 1. The number of methoxy groups -OCH3 is 1. The van der Waals surface area contributed by atoms with E-state index in [0.717, 1.165) is 36.2 Å². The summed E-state index contributed by atoms with van der Waals surface area (Å²) in [6, 6.07) is 1.94. The molecule has 0 spiro atoms. The minimum absolute atomic E-state index is 0. The molecule has 4 nitrogen and oxygen atoms in total. The third-order valence-corrected chi connectivity index (χ3v) is 5.64. The van der Waals surface area contributed by atoms with Crippen LogP contribution in [0.2, 0.25) is 0 Å². The fourth-order valence-corrected chi connectivity index (χ4v) is 3.38. The van der Waals surface area contributed by atoms with E-state index < -0.39 is 0 Å². The Hall–Kier alpha value is 0.0200. The van der Waals surface area contributed by atoms with Gasteiger partial charge in [-0.25, -0.2) is 0 Å². The lowest BCUT2D eigenvalue weighted by Crippen LogP contribution is -2.44. The zero-order valence-corrected chi connectivity index (χ0v) is 16.9. The van der Waals surface area contributed by atoms with E-state index in [1.165, 1.54) is 0 Å². The second kappa shape index (κ2) is 10.0. The van der Waals surface area contributed by atoms with Gasteiger partial charge >= 0.3 is 0 Å². The molecule has 1 atom stereocenters. The fraction of sp³-hybridized carbons (Fsp3) is 0.429. The van der Waals surface area contributed by atoms with E-state index in [9.17, 15) is 5.11 Å². The van der Waals surface area contributed by atoms with E-state index in [-0.39, 0.29) is 36.6 Å². The van der Waals surface area contributed by atoms with E-state index in [4.69, 9.17) is 4.74 Å². The minimum Gasteiger partial charge on any atom is -0.503 e. The standard InChI is InChI=1S/C14H18Br2N2O2.2ClH/c1-3-10(18-6-4-17-5-7-18)9-8-11(20-2)14(19)13(16)12(9)15;;/h3,8,10,17,19H,1,4-7H2,2H3;2*1H/t10-;;/m0../s1. The third kappa shape index (κ3) is 4.52. The van der Waals surface area contributed by atoms with Crippen LogP contribution in [0.15, 0.2) is 27.7 Å². The summed E-state index contributed by atoms with van der Waals surface area (Å²) < 4.78 is 6.68. The molecular formula is C14H20Br2Cl2N2O2. The maximum Gasteiger partial charge on any atom is 0.173 e. The number of hydrogen-bond donors (Lipinski definition) is 2. The van der Waals surface area contributed by atoms with Crippen LogP contribution in [0.1, 0.15) is 11.6 Å². The van der Waals surface area contributed by atoms with Gasteiger partial charge in [0.1, 0.15) is 0 Å². The van der Waals surface area contributed by atoms with Gasteiger partial charge in [-0.3, -0.25) is 4.90 Å². The van der Waals surface area contributed by atoms with Crippen molar-refractivity contribution in [2.45, 2.75) is 6.04 Å². The number of benzene rings is 1. The van der Waals surface area contributed by atoms with Gasteiger partial charge < -0.3 is 15.2 Å². The Morgan fingerprint density at radius 3 is 2.41 bits per heavy atom. The van der Waals surface area contributed by atoms with Crippen LogP contribution in [0.5, 0.6) is 11.5 Å². The molecule has 1 saturated heterocycles. The second-order valence-corrected chi connectivity index (χ2v) is 6.20. The highest BCUT2D eigenvalue weighted by molar-refractivity contribution is 9.13. The molecule has 1 aromatic carbocycles. The molecule has 0 saturated carbocycles. The van der Waals surface area contributed by atoms with Crippen LogP contribution in [-0.2, 0) is 0 Å². The maximum atomic E-state index is 10.0. The monoisotopic (exact) mass is 476 g/mol. The average Bonchev–Trinajstić information content (AvgIpc) is 2.49. The minimum atomic E-state index is 0. The summed E-state index contributed by atoms with van der Waals surface area (Å²) in [5.74, 6) is 0.559. The lowest BCUT2D eigenvalue weighted by molar-refractivity contribution is 0.202. The summed E-state index contributed by atoms with van der Waals surface area (Å²) in [5.41, 5.74) is 1.03. The first-order valence-corrected chi connectivity index (χ1v) is 8.01. The Bertz CT molecular complexity index is 512. The van der Waals surface area contributed by atoms with Gasteiger partial charge in [0.05, 0.1) is 17.6 Å². The molecule has 0 aromatic heterocycles. The van der Waals surface area contributed by atoms with Gasteiger partial charge in [-0.1, -0.05) is 6.08 Å². The first kappa shape index (κ1) is 22.0. The molecule has 126 valence electrons. The van der Waals surface area contributed by atoms with Crippen molar-refractivity contribution in [3.05, 3.63) is 33.2 Å². The van der Waals surface area contributed by atoms with Crippen molar-refractivity contribution in [2.24, 2.45) is 0 Å². The lowest BCUT2D eigenvalue weighted by atomic mass is 10.0. The number of ether oxygens (including phenoxy) is 1. The molecule has 1 aliphatic heterocycles. The maximum absolute atomic E-state index is 10.0. The summed E-state index contributed by atoms with van der Waals surface area (Å²) in [6.45, 7) is 7.83. The molecule has 22 heavy (non-hydrogen) atoms. The lowest BCUT2D eigenvalue weighted by Gasteiger charge is -2.34. The van der Waals surface area contributed by atoms with E-state index in [1.54, 1.807) is 7.11 Å². The SMILES string of the molecule is C=C[C@@H](c1cc(OC)c(O)c(Br)c1Br)N1CCNCC1.Cl.Cl. The van der Waals surface area contributed by atoms with E-state index in [1.807, 2.05) is 12.1 Å². The van der Waals surface area contributed by atoms with Crippen molar-refractivity contribution in [2.75, 3.05) is 33.3 Å². The summed E-state index contributed by atoms with van der Waals surface area (Å²) in [6.07, 6.45) is 1.92. The summed E-state index contributed by atoms with van der Waals surface area (Å²) in [4.78, 5) is 2.35. The number of nitrogens with zero attached hydrogens (tertiary/aromatic N) is 1. The molecule has 0 bridgehead atoms. The molecule has 0 radical (unpaired) electrons. The molecule has 0 unspecified atom stereocenters. The zero-order chi connectivity index (χ0) is 14.7. The van der Waals surface area contributed by atoms with Crippen LogP contribution in [0.25, 0.3) is 0 Å². The molecular weight excluding hydrogens is 459 g/mol. The number of aromatic hydroxyl groups is 1. The number of phenolic OH excluding ortho intramolecular Hbond substituents is 1. The van der Waals surface area contributed by atoms with Crippen LogP contribution in [-0.4, -0.2) is 43.3 Å². The Balaban J connectivity index is 0.00000220. The van der Waals surface area contributed by atoms with Crippen molar-refractivity contribution in [3.8, 4) is 11.5 Å². The van der Waals surface area contributed by atoms with E-state index in [0.29, 0.717) is 10.2 Å². The van der Waals surface area contributed by atoms with Crippen LogP contribution < -0.4 is 10.1 Å². The Labute approximate surface area is 160 Å². The fourth-order valence-electron chi connectivity index (χ4n) is 2.42. The largest absolute Gasteiger partial charge is 0.503 e. The van der Waals surface area contributed by atoms with Crippen molar-refractivity contribution < 1.29 is 9.84 Å². The normalized spacial score (nSPS) is 16.1. The molecule has 0 aliphatic carbocycles. The van der Waals surface area contributed by atoms with Crippen molar-refractivity contribution in [1.29, 1.82) is 0 Å². The van der Waals surface area contributed by atoms with Crippen molar-refractivity contribution >= 4 is 56.7 Å². The summed E-state index contributed by atoms with van der Waals surface area (Å²) in [7, 11) is 1.55. The predicted molar refractivity (Wildman–Crippen MR) is 102 cm³/mol. The predicted octanol–water partition coefficient (Wildman–Crippen LogP) is 3.90. The molecule has 1 fully saturated rings. The van der Waals surface area contributed by atoms with Crippen LogP contribution >= 0.6 is 56.7 Å². The van der Waals surface area contributed by atoms with Gasteiger partial charge in [-0.05, 0) is 43.5 Å². The van der Waals surface area contributed by atoms with Crippen molar-refractivity contribution in [1.82, 2.24) is 10.2 Å². The summed E-state index contributed by atoms with van der Waals surface area (Å²) >= 11 is 6.95. The van der Waals surface area contributed by atoms with Gasteiger partial charge in [0, 0.05) is 30.7 Å². The number of nitrogens with one attached hydrogen (secondary N) is 1. The van der Waals surface area contributed by atoms with E-state index >= 15 is 0 Å². The molecule has 8 heteroatoms. The van der Waals surface area contributed by atoms with Crippen molar-refractivity contribution in [3.63, 3.8) is 0 Å². The molecule has 1 heterocycles. The quantitative estimate of drug-likeness (QED) is 0.644. The number of phenols is 1. The van der Waals surface area contributed by atoms with Crippen LogP contribution in [0.4, 0.5) is 0 Å². The second-order valence-electron chi connectivity index (χ2n) is 4.61. The Morgan fingerprint density at radius 1 is 1.32 bits per heavy atom. The highest BCUT2D eigenvalue weighted by Gasteiger charge is 2.25. The van der Waals surface area contributed by atoms with E-state index in [2.05, 4.69) is 48.7 Å².